The fourth-order valence-electron chi connectivity index (χ4n) is 1.24. The molecule has 0 aliphatic rings. The SMILES string of the molecule is CC(=O)NCCSNc1ccc(NC(C)=O)cc1. The molecule has 0 saturated heterocycles. The van der Waals surface area contributed by atoms with Crippen molar-refractivity contribution >= 4 is 35.1 Å². The van der Waals surface area contributed by atoms with Gasteiger partial charge in [-0.1, -0.05) is 11.9 Å². The van der Waals surface area contributed by atoms with Crippen molar-refractivity contribution in [3.63, 3.8) is 0 Å². The highest BCUT2D eigenvalue weighted by atomic mass is 32.2. The maximum Gasteiger partial charge on any atom is 0.221 e. The summed E-state index contributed by atoms with van der Waals surface area (Å²) in [5.74, 6) is 0.684. The van der Waals surface area contributed by atoms with Gasteiger partial charge >= 0.3 is 0 Å². The molecule has 0 bridgehead atoms. The minimum Gasteiger partial charge on any atom is -0.355 e. The van der Waals surface area contributed by atoms with Gasteiger partial charge in [0.1, 0.15) is 0 Å². The van der Waals surface area contributed by atoms with E-state index in [4.69, 9.17) is 0 Å². The molecule has 0 saturated carbocycles. The summed E-state index contributed by atoms with van der Waals surface area (Å²) in [6.07, 6.45) is 0. The van der Waals surface area contributed by atoms with E-state index in [1.54, 1.807) is 0 Å². The number of carbonyl (C=O) groups is 2. The molecule has 0 aliphatic heterocycles. The Hall–Kier alpha value is -1.69. The number of hydrogen-bond donors (Lipinski definition) is 3. The van der Waals surface area contributed by atoms with Crippen molar-refractivity contribution in [1.29, 1.82) is 0 Å². The normalized spacial score (nSPS) is 9.67. The molecule has 1 aromatic carbocycles. The van der Waals surface area contributed by atoms with Crippen LogP contribution in [0.25, 0.3) is 0 Å². The molecule has 0 fully saturated rings. The van der Waals surface area contributed by atoms with Crippen LogP contribution in [0.15, 0.2) is 24.3 Å². The molecule has 0 radical (unpaired) electrons. The van der Waals surface area contributed by atoms with E-state index in [1.807, 2.05) is 24.3 Å². The number of amides is 2. The van der Waals surface area contributed by atoms with Crippen LogP contribution in [0.5, 0.6) is 0 Å². The van der Waals surface area contributed by atoms with Gasteiger partial charge in [0.05, 0.1) is 0 Å². The van der Waals surface area contributed by atoms with Crippen molar-refractivity contribution in [2.45, 2.75) is 13.8 Å². The van der Waals surface area contributed by atoms with Crippen LogP contribution in [0.1, 0.15) is 13.8 Å². The molecule has 1 aromatic rings. The predicted molar refractivity (Wildman–Crippen MR) is 75.5 cm³/mol. The molecule has 0 unspecified atom stereocenters. The van der Waals surface area contributed by atoms with Gasteiger partial charge in [-0.25, -0.2) is 0 Å². The van der Waals surface area contributed by atoms with Crippen LogP contribution in [0.3, 0.4) is 0 Å². The Morgan fingerprint density at radius 3 is 2.22 bits per heavy atom. The highest BCUT2D eigenvalue weighted by Crippen LogP contribution is 2.16. The number of rotatable bonds is 6. The molecule has 0 aromatic heterocycles. The molecule has 98 valence electrons. The summed E-state index contributed by atoms with van der Waals surface area (Å²) in [5.41, 5.74) is 1.73. The zero-order valence-electron chi connectivity index (χ0n) is 10.4. The molecule has 3 N–H and O–H groups in total. The zero-order valence-corrected chi connectivity index (χ0v) is 11.3. The summed E-state index contributed by atoms with van der Waals surface area (Å²) in [6, 6.07) is 7.43. The van der Waals surface area contributed by atoms with E-state index < -0.39 is 0 Å². The highest BCUT2D eigenvalue weighted by molar-refractivity contribution is 8.00. The average molecular weight is 267 g/mol. The van der Waals surface area contributed by atoms with E-state index in [2.05, 4.69) is 15.4 Å². The van der Waals surface area contributed by atoms with Crippen LogP contribution in [0.4, 0.5) is 11.4 Å². The first-order valence-electron chi connectivity index (χ1n) is 5.58. The molecule has 5 nitrogen and oxygen atoms in total. The number of nitrogens with one attached hydrogen (secondary N) is 3. The van der Waals surface area contributed by atoms with E-state index in [-0.39, 0.29) is 11.8 Å². The molecular weight excluding hydrogens is 250 g/mol. The third kappa shape index (κ3) is 6.15. The van der Waals surface area contributed by atoms with Crippen molar-refractivity contribution < 1.29 is 9.59 Å². The Morgan fingerprint density at radius 1 is 1.06 bits per heavy atom. The van der Waals surface area contributed by atoms with Gasteiger partial charge in [-0.05, 0) is 24.3 Å². The minimum absolute atomic E-state index is 0.0183. The predicted octanol–water partition coefficient (Wildman–Crippen LogP) is 1.84. The van der Waals surface area contributed by atoms with Crippen molar-refractivity contribution in [2.24, 2.45) is 0 Å². The second-order valence-electron chi connectivity index (χ2n) is 3.69. The lowest BCUT2D eigenvalue weighted by Crippen LogP contribution is -2.22. The van der Waals surface area contributed by atoms with Gasteiger partial charge in [0.2, 0.25) is 11.8 Å². The molecule has 2 amide bonds. The van der Waals surface area contributed by atoms with E-state index in [9.17, 15) is 9.59 Å². The largest absolute Gasteiger partial charge is 0.355 e. The lowest BCUT2D eigenvalue weighted by atomic mass is 10.3. The third-order valence-corrected chi connectivity index (χ3v) is 2.76. The van der Waals surface area contributed by atoms with Crippen LogP contribution in [0.2, 0.25) is 0 Å². The Bertz CT molecular complexity index is 406. The lowest BCUT2D eigenvalue weighted by molar-refractivity contribution is -0.119. The highest BCUT2D eigenvalue weighted by Gasteiger charge is 1.96. The molecular formula is C12H17N3O2S. The summed E-state index contributed by atoms with van der Waals surface area (Å²) in [6.45, 7) is 3.61. The number of benzene rings is 1. The minimum atomic E-state index is -0.0830. The number of anilines is 2. The molecule has 0 heterocycles. The Balaban J connectivity index is 2.26. The maximum absolute atomic E-state index is 10.8. The molecule has 0 spiro atoms. The van der Waals surface area contributed by atoms with Crippen molar-refractivity contribution in [2.75, 3.05) is 22.3 Å². The van der Waals surface area contributed by atoms with Crippen molar-refractivity contribution in [3.8, 4) is 0 Å². The van der Waals surface area contributed by atoms with Crippen LogP contribution >= 0.6 is 11.9 Å². The quantitative estimate of drug-likeness (QED) is 0.543. The number of carbonyl (C=O) groups excluding carboxylic acids is 2. The smallest absolute Gasteiger partial charge is 0.221 e. The third-order valence-electron chi connectivity index (χ3n) is 1.97. The van der Waals surface area contributed by atoms with Crippen LogP contribution in [-0.4, -0.2) is 24.1 Å². The average Bonchev–Trinajstić information content (AvgIpc) is 2.30. The second kappa shape index (κ2) is 7.60. The second-order valence-corrected chi connectivity index (χ2v) is 4.59. The summed E-state index contributed by atoms with van der Waals surface area (Å²) < 4.78 is 3.15. The van der Waals surface area contributed by atoms with Gasteiger partial charge in [0.15, 0.2) is 0 Å². The Labute approximate surface area is 111 Å². The van der Waals surface area contributed by atoms with E-state index in [0.29, 0.717) is 6.54 Å². The van der Waals surface area contributed by atoms with Crippen molar-refractivity contribution in [3.05, 3.63) is 24.3 Å². The van der Waals surface area contributed by atoms with Crippen LogP contribution in [-0.2, 0) is 9.59 Å². The maximum atomic E-state index is 10.8. The summed E-state index contributed by atoms with van der Waals surface area (Å²) in [4.78, 5) is 21.5. The number of hydrogen-bond acceptors (Lipinski definition) is 4. The van der Waals surface area contributed by atoms with E-state index in [1.165, 1.54) is 25.8 Å². The van der Waals surface area contributed by atoms with E-state index in [0.717, 1.165) is 17.1 Å². The fraction of sp³-hybridized carbons (Fsp3) is 0.333. The zero-order chi connectivity index (χ0) is 13.4. The first-order valence-corrected chi connectivity index (χ1v) is 6.56. The topological polar surface area (TPSA) is 70.2 Å². The molecule has 18 heavy (non-hydrogen) atoms. The van der Waals surface area contributed by atoms with Gasteiger partial charge in [0, 0.05) is 37.5 Å². The Morgan fingerprint density at radius 2 is 1.67 bits per heavy atom. The van der Waals surface area contributed by atoms with Crippen LogP contribution < -0.4 is 15.4 Å². The summed E-state index contributed by atoms with van der Waals surface area (Å²) in [7, 11) is 0. The summed E-state index contributed by atoms with van der Waals surface area (Å²) in [5, 5.41) is 5.42. The van der Waals surface area contributed by atoms with Crippen molar-refractivity contribution in [1.82, 2.24) is 5.32 Å². The van der Waals surface area contributed by atoms with Gasteiger partial charge < -0.3 is 15.4 Å². The molecule has 6 heteroatoms. The van der Waals surface area contributed by atoms with Gasteiger partial charge in [-0.3, -0.25) is 9.59 Å². The molecule has 0 atom stereocenters. The summed E-state index contributed by atoms with van der Waals surface area (Å²) >= 11 is 1.52. The fourth-order valence-corrected chi connectivity index (χ4v) is 1.85. The first-order chi connectivity index (χ1) is 8.58. The standard InChI is InChI=1S/C12H17N3O2S/c1-9(16)13-7-8-18-15-12-5-3-11(4-6-12)14-10(2)17/h3-6,15H,7-8H2,1-2H3,(H,13,16)(H,14,17). The van der Waals surface area contributed by atoms with Gasteiger partial charge in [-0.2, -0.15) is 0 Å². The van der Waals surface area contributed by atoms with Gasteiger partial charge in [-0.15, -0.1) is 0 Å². The van der Waals surface area contributed by atoms with Gasteiger partial charge in [0.25, 0.3) is 0 Å². The molecule has 1 rings (SSSR count). The lowest BCUT2D eigenvalue weighted by Gasteiger charge is -2.07. The monoisotopic (exact) mass is 267 g/mol. The first kappa shape index (κ1) is 14.4. The Kier molecular flexibility index (Phi) is 6.07. The molecule has 0 aliphatic carbocycles. The van der Waals surface area contributed by atoms with Crippen LogP contribution in [0, 0.1) is 0 Å². The van der Waals surface area contributed by atoms with E-state index >= 15 is 0 Å².